The lowest BCUT2D eigenvalue weighted by Crippen LogP contribution is -2.46. The van der Waals surface area contributed by atoms with E-state index in [1.165, 1.54) is 27.9 Å². The van der Waals surface area contributed by atoms with Crippen LogP contribution >= 0.6 is 11.5 Å². The number of benzene rings is 2. The second-order valence-electron chi connectivity index (χ2n) is 7.47. The minimum atomic E-state index is -0.342. The number of imide groups is 1. The van der Waals surface area contributed by atoms with E-state index < -0.39 is 0 Å². The van der Waals surface area contributed by atoms with Gasteiger partial charge in [-0.05, 0) is 48.6 Å². The summed E-state index contributed by atoms with van der Waals surface area (Å²) in [6.07, 6.45) is 5.51. The van der Waals surface area contributed by atoms with Crippen LogP contribution in [-0.2, 0) is 0 Å². The zero-order valence-electron chi connectivity index (χ0n) is 16.4. The minimum absolute atomic E-state index is 0.218. The number of carbonyl (C=O) groups excluding carboxylic acids is 2. The van der Waals surface area contributed by atoms with E-state index in [2.05, 4.69) is 5.10 Å². The molecule has 30 heavy (non-hydrogen) atoms. The number of para-hydroxylation sites is 1. The maximum Gasteiger partial charge on any atom is 0.283 e. The van der Waals surface area contributed by atoms with Crippen molar-refractivity contribution in [2.45, 2.75) is 38.1 Å². The first-order chi connectivity index (χ1) is 14.7. The quantitative estimate of drug-likeness (QED) is 0.599. The molecule has 0 saturated heterocycles. The summed E-state index contributed by atoms with van der Waals surface area (Å²) in [5.41, 5.74) is 0.830. The molecule has 1 saturated carbocycles. The maximum atomic E-state index is 13.1. The number of hydrogen-bond donors (Lipinski definition) is 1. The molecule has 2 heterocycles. The summed E-state index contributed by atoms with van der Waals surface area (Å²) >= 11 is 1.44. The van der Waals surface area contributed by atoms with Crippen LogP contribution in [-0.4, -0.2) is 25.9 Å². The van der Waals surface area contributed by atoms with Crippen LogP contribution < -0.4 is 9.75 Å². The van der Waals surface area contributed by atoms with Crippen molar-refractivity contribution in [3.05, 3.63) is 71.1 Å². The van der Waals surface area contributed by atoms with Crippen LogP contribution in [0.2, 0.25) is 0 Å². The largest absolute Gasteiger partial charge is 0.439 e. The van der Waals surface area contributed by atoms with Crippen molar-refractivity contribution in [1.82, 2.24) is 14.1 Å². The number of rotatable bonds is 4. The van der Waals surface area contributed by atoms with Gasteiger partial charge in [0, 0.05) is 0 Å². The molecule has 154 valence electrons. The first-order valence-corrected chi connectivity index (χ1v) is 11.0. The Morgan fingerprint density at radius 2 is 1.50 bits per heavy atom. The zero-order chi connectivity index (χ0) is 20.5. The molecular weight excluding hydrogens is 400 g/mol. The number of amides is 2. The molecule has 0 unspecified atom stereocenters. The first kappa shape index (κ1) is 18.7. The molecule has 0 spiro atoms. The van der Waals surface area contributed by atoms with Crippen LogP contribution in [0.5, 0.6) is 11.6 Å². The summed E-state index contributed by atoms with van der Waals surface area (Å²) in [5.74, 6) is 0.441. The van der Waals surface area contributed by atoms with Crippen LogP contribution in [0.25, 0.3) is 0 Å². The minimum Gasteiger partial charge on any atom is -0.439 e. The number of nitrogens with one attached hydrogen (secondary N) is 1. The molecule has 2 amide bonds. The summed E-state index contributed by atoms with van der Waals surface area (Å²) < 4.78 is 7.92. The number of aromatic nitrogens is 3. The normalized spacial score (nSPS) is 16.6. The zero-order valence-corrected chi connectivity index (χ0v) is 17.2. The third-order valence-electron chi connectivity index (χ3n) is 5.48. The van der Waals surface area contributed by atoms with Crippen LogP contribution in [0.3, 0.4) is 0 Å². The summed E-state index contributed by atoms with van der Waals surface area (Å²) in [7, 11) is 0. The Hall–Kier alpha value is -3.26. The first-order valence-electron chi connectivity index (χ1n) is 10.2. The Labute approximate surface area is 177 Å². The number of hydrogen-bond acceptors (Lipinski definition) is 4. The lowest BCUT2D eigenvalue weighted by molar-refractivity contribution is 0.0851. The van der Waals surface area contributed by atoms with Crippen LogP contribution in [0.4, 0.5) is 0 Å². The fourth-order valence-electron chi connectivity index (χ4n) is 4.01. The predicted octanol–water partition coefficient (Wildman–Crippen LogP) is 5.03. The molecule has 5 rings (SSSR count). The molecular formula is C22H22N4O3S. The van der Waals surface area contributed by atoms with Gasteiger partial charge in [-0.25, -0.2) is 9.17 Å². The summed E-state index contributed by atoms with van der Waals surface area (Å²) in [6.45, 7) is 0. The van der Waals surface area contributed by atoms with E-state index in [-0.39, 0.29) is 17.9 Å². The van der Waals surface area contributed by atoms with Crippen molar-refractivity contribution in [1.29, 1.82) is 0 Å². The number of carbonyl (C=O) groups is 2. The van der Waals surface area contributed by atoms with Crippen molar-refractivity contribution in [2.24, 2.45) is 0 Å². The summed E-state index contributed by atoms with van der Waals surface area (Å²) in [4.78, 5) is 27.8. The van der Waals surface area contributed by atoms with E-state index in [1.54, 1.807) is 24.3 Å². The van der Waals surface area contributed by atoms with E-state index in [0.717, 1.165) is 25.7 Å². The average molecular weight is 423 g/mol. The van der Waals surface area contributed by atoms with Gasteiger partial charge in [0.2, 0.25) is 5.88 Å². The molecule has 8 heteroatoms. The van der Waals surface area contributed by atoms with Gasteiger partial charge in [0.05, 0.1) is 22.5 Å². The highest BCUT2D eigenvalue weighted by Crippen LogP contribution is 2.31. The van der Waals surface area contributed by atoms with E-state index in [9.17, 15) is 9.59 Å². The average Bonchev–Trinajstić information content (AvgIpc) is 3.05. The summed E-state index contributed by atoms with van der Waals surface area (Å²) in [5, 5.41) is 6.19. The molecule has 1 fully saturated rings. The van der Waals surface area contributed by atoms with Gasteiger partial charge >= 0.3 is 0 Å². The van der Waals surface area contributed by atoms with Gasteiger partial charge in [-0.2, -0.15) is 0 Å². The number of nitrogens with zero attached hydrogens (tertiary/aromatic N) is 3. The fourth-order valence-corrected chi connectivity index (χ4v) is 4.90. The van der Waals surface area contributed by atoms with E-state index in [0.29, 0.717) is 22.8 Å². The number of fused-ring (bicyclic) bond motifs is 1. The Bertz CT molecular complexity index is 1080. The number of H-pyrrole nitrogens is 1. The summed E-state index contributed by atoms with van der Waals surface area (Å²) in [6, 6.07) is 16.5. The van der Waals surface area contributed by atoms with Gasteiger partial charge in [0.15, 0.2) is 0 Å². The van der Waals surface area contributed by atoms with Gasteiger partial charge in [0.25, 0.3) is 11.8 Å². The van der Waals surface area contributed by atoms with Crippen molar-refractivity contribution in [3.63, 3.8) is 0 Å². The predicted molar refractivity (Wildman–Crippen MR) is 114 cm³/mol. The Morgan fingerprint density at radius 3 is 2.17 bits per heavy atom. The maximum absolute atomic E-state index is 13.1. The van der Waals surface area contributed by atoms with E-state index >= 15 is 0 Å². The lowest BCUT2D eigenvalue weighted by Gasteiger charge is -2.30. The standard InChI is InChI=1S/C22H22N4O3S/c27-21-18-13-7-8-14-19(18)22(28)24(21)26-23-20(29-17-11-5-2-6-12-17)15-30-25(26)16-9-3-1-4-10-16/h2,5-8,11-16,23H,1,3-4,9-10H2. The number of aromatic amines is 1. The Kier molecular flexibility index (Phi) is 4.92. The lowest BCUT2D eigenvalue weighted by atomic mass is 9.96. The van der Waals surface area contributed by atoms with Crippen LogP contribution in [0, 0.1) is 0 Å². The molecule has 1 aliphatic heterocycles. The topological polar surface area (TPSA) is 72.3 Å². The molecule has 1 N–H and O–H groups in total. The van der Waals surface area contributed by atoms with E-state index in [4.69, 9.17) is 4.74 Å². The van der Waals surface area contributed by atoms with Crippen LogP contribution in [0.15, 0.2) is 60.0 Å². The van der Waals surface area contributed by atoms with Crippen molar-refractivity contribution < 1.29 is 14.3 Å². The van der Waals surface area contributed by atoms with Gasteiger partial charge in [-0.3, -0.25) is 9.59 Å². The highest BCUT2D eigenvalue weighted by molar-refractivity contribution is 7.04. The third-order valence-corrected chi connectivity index (χ3v) is 6.47. The van der Waals surface area contributed by atoms with Gasteiger partial charge in [0.1, 0.15) is 5.75 Å². The van der Waals surface area contributed by atoms with Crippen LogP contribution in [0.1, 0.15) is 58.9 Å². The monoisotopic (exact) mass is 422 g/mol. The molecule has 7 nitrogen and oxygen atoms in total. The third kappa shape index (κ3) is 3.33. The molecule has 0 atom stereocenters. The second kappa shape index (κ2) is 7.87. The highest BCUT2D eigenvalue weighted by atomic mass is 32.1. The molecule has 0 bridgehead atoms. The van der Waals surface area contributed by atoms with Crippen molar-refractivity contribution in [3.8, 4) is 11.6 Å². The Balaban J connectivity index is 1.58. The molecule has 3 aromatic rings. The molecule has 0 radical (unpaired) electrons. The fraction of sp³-hybridized carbons (Fsp3) is 0.273. The molecule has 2 aliphatic rings. The van der Waals surface area contributed by atoms with Crippen molar-refractivity contribution >= 4 is 23.3 Å². The molecule has 1 aromatic heterocycles. The second-order valence-corrected chi connectivity index (χ2v) is 8.29. The smallest absolute Gasteiger partial charge is 0.283 e. The number of ether oxygens (including phenoxy) is 1. The molecule has 1 aliphatic carbocycles. The van der Waals surface area contributed by atoms with Gasteiger partial charge in [-0.1, -0.05) is 49.6 Å². The highest BCUT2D eigenvalue weighted by Gasteiger charge is 2.38. The van der Waals surface area contributed by atoms with Gasteiger partial charge < -0.3 is 4.74 Å². The van der Waals surface area contributed by atoms with E-state index in [1.807, 2.05) is 39.8 Å². The van der Waals surface area contributed by atoms with Gasteiger partial charge in [-0.15, -0.1) is 9.91 Å². The Morgan fingerprint density at radius 1 is 0.867 bits per heavy atom. The SMILES string of the molecule is O=C1c2ccccc2C(=O)N1n1[nH]c(Oc2ccccc2)csn1C1CCCCC1. The van der Waals surface area contributed by atoms with Crippen molar-refractivity contribution in [2.75, 3.05) is 5.01 Å². The molecule has 2 aromatic carbocycles.